The highest BCUT2D eigenvalue weighted by Gasteiger charge is 2.26. The monoisotopic (exact) mass is 279 g/mol. The summed E-state index contributed by atoms with van der Waals surface area (Å²) in [6.07, 6.45) is 0. The van der Waals surface area contributed by atoms with E-state index in [2.05, 4.69) is 22.8 Å². The lowest BCUT2D eigenvalue weighted by Crippen LogP contribution is -2.37. The van der Waals surface area contributed by atoms with E-state index in [1.807, 2.05) is 37.6 Å². The maximum Gasteiger partial charge on any atom is 0.226 e. The highest BCUT2D eigenvalue weighted by Crippen LogP contribution is 2.28. The third-order valence-electron chi connectivity index (χ3n) is 2.66. The molecule has 1 unspecified atom stereocenters. The van der Waals surface area contributed by atoms with Gasteiger partial charge in [0.05, 0.1) is 6.04 Å². The molecular formula is C14H17NOS2. The molecule has 2 heterocycles. The molecule has 18 heavy (non-hydrogen) atoms. The molecule has 2 aromatic heterocycles. The van der Waals surface area contributed by atoms with Gasteiger partial charge in [-0.05, 0) is 33.8 Å². The van der Waals surface area contributed by atoms with Crippen molar-refractivity contribution in [2.75, 3.05) is 0 Å². The lowest BCUT2D eigenvalue weighted by atomic mass is 9.94. The molecule has 4 heteroatoms. The largest absolute Gasteiger partial charge is 0.344 e. The number of hydrogen-bond donors (Lipinski definition) is 1. The van der Waals surface area contributed by atoms with Crippen LogP contribution in [0.4, 0.5) is 0 Å². The standard InChI is InChI=1S/C14H17NOS2/c1-14(2,3)13(16)15-12(10-6-8-17-9-10)11-5-4-7-18-11/h4-9,12H,1-3H3,(H,15,16). The van der Waals surface area contributed by atoms with Crippen LogP contribution in [-0.4, -0.2) is 5.91 Å². The highest BCUT2D eigenvalue weighted by atomic mass is 32.1. The third-order valence-corrected chi connectivity index (χ3v) is 4.30. The maximum atomic E-state index is 12.2. The molecule has 0 aliphatic carbocycles. The fourth-order valence-electron chi connectivity index (χ4n) is 1.56. The molecule has 0 bridgehead atoms. The minimum absolute atomic E-state index is 0.0250. The Balaban J connectivity index is 2.25. The van der Waals surface area contributed by atoms with Gasteiger partial charge in [-0.25, -0.2) is 0 Å². The summed E-state index contributed by atoms with van der Waals surface area (Å²) in [6, 6.07) is 6.12. The summed E-state index contributed by atoms with van der Waals surface area (Å²) in [5, 5.41) is 9.31. The molecule has 2 nitrogen and oxygen atoms in total. The Morgan fingerprint density at radius 3 is 2.56 bits per heavy atom. The first-order valence-corrected chi connectivity index (χ1v) is 7.67. The number of nitrogens with one attached hydrogen (secondary N) is 1. The van der Waals surface area contributed by atoms with Crippen molar-refractivity contribution in [1.29, 1.82) is 0 Å². The van der Waals surface area contributed by atoms with E-state index in [-0.39, 0.29) is 17.4 Å². The average molecular weight is 279 g/mol. The fraction of sp³-hybridized carbons (Fsp3) is 0.357. The van der Waals surface area contributed by atoms with Crippen molar-refractivity contribution in [2.45, 2.75) is 26.8 Å². The number of rotatable bonds is 3. The molecule has 0 fully saturated rings. The summed E-state index contributed by atoms with van der Waals surface area (Å²) in [7, 11) is 0. The molecule has 2 aromatic rings. The van der Waals surface area contributed by atoms with Gasteiger partial charge < -0.3 is 5.32 Å². The average Bonchev–Trinajstić information content (AvgIpc) is 2.97. The lowest BCUT2D eigenvalue weighted by Gasteiger charge is -2.23. The molecule has 1 N–H and O–H groups in total. The first kappa shape index (κ1) is 13.3. The molecule has 96 valence electrons. The van der Waals surface area contributed by atoms with Crippen LogP contribution in [0, 0.1) is 5.41 Å². The summed E-state index contributed by atoms with van der Waals surface area (Å²) in [4.78, 5) is 13.3. The van der Waals surface area contributed by atoms with Gasteiger partial charge in [0.15, 0.2) is 0 Å². The number of amides is 1. The van der Waals surface area contributed by atoms with Crippen LogP contribution in [0.3, 0.4) is 0 Å². The SMILES string of the molecule is CC(C)(C)C(=O)NC(c1ccsc1)c1cccs1. The molecule has 0 saturated carbocycles. The maximum absolute atomic E-state index is 12.2. The van der Waals surface area contributed by atoms with Crippen LogP contribution in [0.15, 0.2) is 34.3 Å². The van der Waals surface area contributed by atoms with Crippen LogP contribution < -0.4 is 5.32 Å². The number of carbonyl (C=O) groups excluding carboxylic acids is 1. The number of thiophene rings is 2. The van der Waals surface area contributed by atoms with Gasteiger partial charge in [-0.3, -0.25) is 4.79 Å². The molecule has 1 amide bonds. The molecule has 0 saturated heterocycles. The van der Waals surface area contributed by atoms with E-state index in [4.69, 9.17) is 0 Å². The number of carbonyl (C=O) groups is 1. The second kappa shape index (κ2) is 5.24. The first-order valence-electron chi connectivity index (χ1n) is 5.85. The molecule has 2 rings (SSSR count). The molecule has 0 aliphatic heterocycles. The molecule has 0 aromatic carbocycles. The second-order valence-corrected chi connectivity index (χ2v) is 6.99. The van der Waals surface area contributed by atoms with Crippen molar-refractivity contribution >= 4 is 28.6 Å². The van der Waals surface area contributed by atoms with E-state index in [0.29, 0.717) is 0 Å². The van der Waals surface area contributed by atoms with Gasteiger partial charge in [-0.15, -0.1) is 11.3 Å². The smallest absolute Gasteiger partial charge is 0.226 e. The molecule has 1 atom stereocenters. The van der Waals surface area contributed by atoms with Crippen molar-refractivity contribution in [3.63, 3.8) is 0 Å². The predicted octanol–water partition coefficient (Wildman–Crippen LogP) is 4.06. The minimum atomic E-state index is -0.370. The van der Waals surface area contributed by atoms with Crippen LogP contribution in [0.25, 0.3) is 0 Å². The van der Waals surface area contributed by atoms with Gasteiger partial charge in [-0.2, -0.15) is 11.3 Å². The zero-order valence-corrected chi connectivity index (χ0v) is 12.4. The Morgan fingerprint density at radius 2 is 2.06 bits per heavy atom. The second-order valence-electron chi connectivity index (χ2n) is 5.23. The van der Waals surface area contributed by atoms with E-state index in [0.717, 1.165) is 5.56 Å². The lowest BCUT2D eigenvalue weighted by molar-refractivity contribution is -0.129. The summed E-state index contributed by atoms with van der Waals surface area (Å²) < 4.78 is 0. The molecular weight excluding hydrogens is 262 g/mol. The zero-order chi connectivity index (χ0) is 13.2. The van der Waals surface area contributed by atoms with E-state index in [1.165, 1.54) is 4.88 Å². The van der Waals surface area contributed by atoms with Gasteiger partial charge in [0.1, 0.15) is 0 Å². The topological polar surface area (TPSA) is 29.1 Å². The van der Waals surface area contributed by atoms with Crippen molar-refractivity contribution in [3.05, 3.63) is 44.8 Å². The Bertz CT molecular complexity index is 460. The highest BCUT2D eigenvalue weighted by molar-refractivity contribution is 7.10. The molecule has 0 spiro atoms. The predicted molar refractivity (Wildman–Crippen MR) is 78.1 cm³/mol. The normalized spacial score (nSPS) is 13.3. The quantitative estimate of drug-likeness (QED) is 0.902. The van der Waals surface area contributed by atoms with Crippen LogP contribution in [0.1, 0.15) is 37.3 Å². The van der Waals surface area contributed by atoms with Crippen LogP contribution in [0.2, 0.25) is 0 Å². The fourth-order valence-corrected chi connectivity index (χ4v) is 3.05. The summed E-state index contributed by atoms with van der Waals surface area (Å²) in [5.74, 6) is 0.0760. The summed E-state index contributed by atoms with van der Waals surface area (Å²) >= 11 is 3.32. The van der Waals surface area contributed by atoms with Crippen molar-refractivity contribution < 1.29 is 4.79 Å². The van der Waals surface area contributed by atoms with Gasteiger partial charge in [0.2, 0.25) is 5.91 Å². The van der Waals surface area contributed by atoms with Crippen molar-refractivity contribution in [1.82, 2.24) is 5.32 Å². The minimum Gasteiger partial charge on any atom is -0.344 e. The zero-order valence-electron chi connectivity index (χ0n) is 10.8. The Labute approximate surface area is 116 Å². The van der Waals surface area contributed by atoms with E-state index < -0.39 is 0 Å². The van der Waals surface area contributed by atoms with Crippen LogP contribution in [0.5, 0.6) is 0 Å². The van der Waals surface area contributed by atoms with Gasteiger partial charge >= 0.3 is 0 Å². The Hall–Kier alpha value is -1.13. The first-order chi connectivity index (χ1) is 8.48. The van der Waals surface area contributed by atoms with Crippen molar-refractivity contribution in [2.24, 2.45) is 5.41 Å². The van der Waals surface area contributed by atoms with E-state index in [9.17, 15) is 4.79 Å². The van der Waals surface area contributed by atoms with Gasteiger partial charge in [-0.1, -0.05) is 26.8 Å². The summed E-state index contributed by atoms with van der Waals surface area (Å²) in [5.41, 5.74) is 0.783. The van der Waals surface area contributed by atoms with E-state index in [1.54, 1.807) is 22.7 Å². The summed E-state index contributed by atoms with van der Waals surface area (Å²) in [6.45, 7) is 5.80. The van der Waals surface area contributed by atoms with E-state index >= 15 is 0 Å². The third kappa shape index (κ3) is 3.00. The number of hydrogen-bond acceptors (Lipinski definition) is 3. The molecule has 0 radical (unpaired) electrons. The molecule has 0 aliphatic rings. The Morgan fingerprint density at radius 1 is 1.28 bits per heavy atom. The van der Waals surface area contributed by atoms with Crippen LogP contribution in [-0.2, 0) is 4.79 Å². The van der Waals surface area contributed by atoms with Crippen molar-refractivity contribution in [3.8, 4) is 0 Å². The van der Waals surface area contributed by atoms with Gasteiger partial charge in [0.25, 0.3) is 0 Å². The van der Waals surface area contributed by atoms with Crippen LogP contribution >= 0.6 is 22.7 Å². The van der Waals surface area contributed by atoms with Gasteiger partial charge in [0, 0.05) is 10.3 Å². The Kier molecular flexibility index (Phi) is 3.88.